The van der Waals surface area contributed by atoms with Crippen LogP contribution in [0.2, 0.25) is 0 Å². The van der Waals surface area contributed by atoms with Gasteiger partial charge in [0.2, 0.25) is 0 Å². The normalized spacial score (nSPS) is 13.7. The molecule has 0 aliphatic carbocycles. The zero-order valence-corrected chi connectivity index (χ0v) is 18.5. The van der Waals surface area contributed by atoms with Gasteiger partial charge in [0.15, 0.2) is 0 Å². The maximum Gasteiger partial charge on any atom is 0.282 e. The molecule has 4 rings (SSSR count). The number of carbonyl (C=O) groups excluding carboxylic acids is 2. The molecule has 1 aliphatic rings. The van der Waals surface area contributed by atoms with Crippen LogP contribution in [0.1, 0.15) is 16.0 Å². The second-order valence-electron chi connectivity index (χ2n) is 7.08. The van der Waals surface area contributed by atoms with Crippen molar-refractivity contribution in [3.05, 3.63) is 75.6 Å². The molecular formula is C24H22N2O4S. The summed E-state index contributed by atoms with van der Waals surface area (Å²) in [6.45, 7) is 3.87. The minimum absolute atomic E-state index is 0.208. The van der Waals surface area contributed by atoms with Gasteiger partial charge in [-0.15, -0.1) is 11.3 Å². The summed E-state index contributed by atoms with van der Waals surface area (Å²) in [6, 6.07) is 14.5. The zero-order chi connectivity index (χ0) is 22.1. The summed E-state index contributed by atoms with van der Waals surface area (Å²) in [5.74, 6) is 0.367. The van der Waals surface area contributed by atoms with Gasteiger partial charge in [-0.1, -0.05) is 18.2 Å². The second-order valence-corrected chi connectivity index (χ2v) is 8.03. The molecule has 31 heavy (non-hydrogen) atoms. The number of thiophene rings is 1. The summed E-state index contributed by atoms with van der Waals surface area (Å²) < 4.78 is 10.8. The molecule has 0 saturated heterocycles. The molecule has 158 valence electrons. The third-order valence-corrected chi connectivity index (χ3v) is 6.22. The molecule has 0 atom stereocenters. The van der Waals surface area contributed by atoms with E-state index in [0.717, 1.165) is 16.0 Å². The molecule has 0 saturated carbocycles. The number of hydrogen-bond acceptors (Lipinski definition) is 6. The molecule has 1 aromatic heterocycles. The number of anilines is 2. The lowest BCUT2D eigenvalue weighted by Gasteiger charge is -2.19. The Morgan fingerprint density at radius 2 is 1.74 bits per heavy atom. The number of methoxy groups -OCH3 is 2. The summed E-state index contributed by atoms with van der Waals surface area (Å²) in [7, 11) is 3.11. The molecule has 3 aromatic rings. The maximum absolute atomic E-state index is 13.6. The molecule has 2 aromatic carbocycles. The first-order chi connectivity index (χ1) is 15.0. The highest BCUT2D eigenvalue weighted by atomic mass is 32.1. The second kappa shape index (κ2) is 8.28. The van der Waals surface area contributed by atoms with E-state index in [1.54, 1.807) is 38.5 Å². The lowest BCUT2D eigenvalue weighted by molar-refractivity contribution is -0.120. The van der Waals surface area contributed by atoms with Crippen molar-refractivity contribution in [2.24, 2.45) is 0 Å². The van der Waals surface area contributed by atoms with Gasteiger partial charge in [-0.3, -0.25) is 9.59 Å². The van der Waals surface area contributed by atoms with Gasteiger partial charge in [-0.05, 0) is 54.6 Å². The monoisotopic (exact) mass is 434 g/mol. The van der Waals surface area contributed by atoms with E-state index in [9.17, 15) is 9.59 Å². The molecule has 1 aliphatic heterocycles. The Morgan fingerprint density at radius 1 is 0.935 bits per heavy atom. The van der Waals surface area contributed by atoms with Crippen LogP contribution in [0.3, 0.4) is 0 Å². The smallest absolute Gasteiger partial charge is 0.282 e. The highest BCUT2D eigenvalue weighted by Crippen LogP contribution is 2.39. The number of nitrogens with zero attached hydrogens (tertiary/aromatic N) is 1. The Hall–Kier alpha value is -3.58. The summed E-state index contributed by atoms with van der Waals surface area (Å²) in [6.07, 6.45) is 0. The van der Waals surface area contributed by atoms with Gasteiger partial charge in [-0.25, -0.2) is 4.90 Å². The first kappa shape index (κ1) is 20.7. The number of imide groups is 1. The van der Waals surface area contributed by atoms with Crippen molar-refractivity contribution in [2.75, 3.05) is 24.4 Å². The minimum Gasteiger partial charge on any atom is -0.497 e. The van der Waals surface area contributed by atoms with Gasteiger partial charge in [0.05, 0.1) is 31.2 Å². The Morgan fingerprint density at radius 3 is 2.42 bits per heavy atom. The van der Waals surface area contributed by atoms with Crippen molar-refractivity contribution in [3.8, 4) is 11.5 Å². The van der Waals surface area contributed by atoms with Gasteiger partial charge in [0.1, 0.15) is 17.2 Å². The van der Waals surface area contributed by atoms with E-state index in [2.05, 4.69) is 5.32 Å². The topological polar surface area (TPSA) is 67.9 Å². The number of benzene rings is 2. The van der Waals surface area contributed by atoms with Crippen molar-refractivity contribution in [2.45, 2.75) is 13.8 Å². The number of ether oxygens (including phenoxy) is 2. The van der Waals surface area contributed by atoms with Crippen molar-refractivity contribution in [1.29, 1.82) is 0 Å². The SMILES string of the molecule is COc1ccc(OC)c(NC2=C(c3cccs3)C(=O)N(c3cccc(C)c3C)C2=O)c1. The first-order valence-corrected chi connectivity index (χ1v) is 10.6. The van der Waals surface area contributed by atoms with E-state index in [1.165, 1.54) is 16.2 Å². The van der Waals surface area contributed by atoms with Gasteiger partial charge in [0, 0.05) is 10.9 Å². The van der Waals surface area contributed by atoms with Crippen LogP contribution in [0.15, 0.2) is 59.6 Å². The van der Waals surface area contributed by atoms with Crippen LogP contribution >= 0.6 is 11.3 Å². The average molecular weight is 435 g/mol. The van der Waals surface area contributed by atoms with Gasteiger partial charge in [0.25, 0.3) is 11.8 Å². The molecule has 0 spiro atoms. The van der Waals surface area contributed by atoms with Crippen LogP contribution in [0, 0.1) is 13.8 Å². The molecular weight excluding hydrogens is 412 g/mol. The number of carbonyl (C=O) groups is 2. The number of rotatable bonds is 6. The van der Waals surface area contributed by atoms with Crippen molar-refractivity contribution >= 4 is 40.1 Å². The maximum atomic E-state index is 13.6. The van der Waals surface area contributed by atoms with Crippen molar-refractivity contribution in [3.63, 3.8) is 0 Å². The molecule has 6 nitrogen and oxygen atoms in total. The summed E-state index contributed by atoms with van der Waals surface area (Å²) in [5.41, 5.74) is 3.56. The predicted octanol–water partition coefficient (Wildman–Crippen LogP) is 4.78. The summed E-state index contributed by atoms with van der Waals surface area (Å²) in [5, 5.41) is 5.04. The van der Waals surface area contributed by atoms with E-state index in [0.29, 0.717) is 28.4 Å². The fraction of sp³-hybridized carbons (Fsp3) is 0.167. The number of aryl methyl sites for hydroxylation is 1. The van der Waals surface area contributed by atoms with Gasteiger partial charge >= 0.3 is 0 Å². The van der Waals surface area contributed by atoms with Crippen LogP contribution < -0.4 is 19.7 Å². The van der Waals surface area contributed by atoms with Crippen LogP contribution in [-0.2, 0) is 9.59 Å². The molecule has 2 heterocycles. The largest absolute Gasteiger partial charge is 0.497 e. The molecule has 0 radical (unpaired) electrons. The molecule has 1 N–H and O–H groups in total. The van der Waals surface area contributed by atoms with Crippen LogP contribution in [-0.4, -0.2) is 26.0 Å². The lowest BCUT2D eigenvalue weighted by atomic mass is 10.1. The van der Waals surface area contributed by atoms with Crippen LogP contribution in [0.5, 0.6) is 11.5 Å². The minimum atomic E-state index is -0.410. The third-order valence-electron chi connectivity index (χ3n) is 5.33. The zero-order valence-electron chi connectivity index (χ0n) is 17.7. The highest BCUT2D eigenvalue weighted by molar-refractivity contribution is 7.11. The number of amides is 2. The Bertz CT molecular complexity index is 1200. The Labute approximate surface area is 184 Å². The van der Waals surface area contributed by atoms with E-state index in [4.69, 9.17) is 9.47 Å². The Balaban J connectivity index is 1.85. The van der Waals surface area contributed by atoms with E-state index >= 15 is 0 Å². The fourth-order valence-corrected chi connectivity index (χ4v) is 4.31. The van der Waals surface area contributed by atoms with E-state index in [1.807, 2.05) is 43.5 Å². The average Bonchev–Trinajstić information content (AvgIpc) is 3.37. The quantitative estimate of drug-likeness (QED) is 0.566. The predicted molar refractivity (Wildman–Crippen MR) is 123 cm³/mol. The number of hydrogen-bond donors (Lipinski definition) is 1. The summed E-state index contributed by atoms with van der Waals surface area (Å²) >= 11 is 1.41. The third kappa shape index (κ3) is 3.57. The van der Waals surface area contributed by atoms with Crippen molar-refractivity contribution in [1.82, 2.24) is 0 Å². The highest BCUT2D eigenvalue weighted by Gasteiger charge is 2.41. The van der Waals surface area contributed by atoms with Gasteiger partial charge < -0.3 is 14.8 Å². The van der Waals surface area contributed by atoms with Crippen molar-refractivity contribution < 1.29 is 19.1 Å². The molecule has 0 fully saturated rings. The molecule has 0 bridgehead atoms. The standard InChI is InChI=1S/C24H22N2O4S/c1-14-7-5-8-18(15(14)2)26-23(27)21(20-9-6-12-31-20)22(24(26)28)25-17-13-16(29-3)10-11-19(17)30-4/h5-13,25H,1-4H3. The lowest BCUT2D eigenvalue weighted by Crippen LogP contribution is -2.33. The fourth-order valence-electron chi connectivity index (χ4n) is 3.54. The molecule has 7 heteroatoms. The molecule has 0 unspecified atom stereocenters. The number of nitrogens with one attached hydrogen (secondary N) is 1. The van der Waals surface area contributed by atoms with Crippen LogP contribution in [0.25, 0.3) is 5.57 Å². The van der Waals surface area contributed by atoms with E-state index < -0.39 is 5.91 Å². The molecule has 2 amide bonds. The van der Waals surface area contributed by atoms with Crippen LogP contribution in [0.4, 0.5) is 11.4 Å². The van der Waals surface area contributed by atoms with E-state index in [-0.39, 0.29) is 11.6 Å². The first-order valence-electron chi connectivity index (χ1n) is 9.68. The van der Waals surface area contributed by atoms with Gasteiger partial charge in [-0.2, -0.15) is 0 Å². The summed E-state index contributed by atoms with van der Waals surface area (Å²) in [4.78, 5) is 29.0. The Kier molecular flexibility index (Phi) is 5.52.